The SMILES string of the molecule is CO[C@H]1/C=C/COC(C)(C)C(=O)N=S(=O)(NC(=O)NC2CCOCC2)c2ccc3c(c2)N(CCCCc2cc(Cl)ccc2CO3)C[C@@H]2CC[C@H]21. The van der Waals surface area contributed by atoms with Gasteiger partial charge < -0.3 is 29.2 Å². The van der Waals surface area contributed by atoms with Gasteiger partial charge in [-0.1, -0.05) is 29.8 Å². The summed E-state index contributed by atoms with van der Waals surface area (Å²) >= 11 is 6.38. The number of halogens is 1. The minimum Gasteiger partial charge on any atom is -0.487 e. The number of hydrogen-bond donors (Lipinski definition) is 2. The van der Waals surface area contributed by atoms with Gasteiger partial charge in [-0.3, -0.25) is 4.79 Å². The van der Waals surface area contributed by atoms with E-state index in [2.05, 4.69) is 19.3 Å². The fourth-order valence-electron chi connectivity index (χ4n) is 7.07. The van der Waals surface area contributed by atoms with Gasteiger partial charge in [0, 0.05) is 44.5 Å². The normalized spacial score (nSPS) is 28.3. The van der Waals surface area contributed by atoms with E-state index in [1.54, 1.807) is 39.2 Å². The van der Waals surface area contributed by atoms with Gasteiger partial charge in [-0.05, 0) is 112 Å². The summed E-state index contributed by atoms with van der Waals surface area (Å²) in [5.74, 6) is 0.494. The van der Waals surface area contributed by atoms with Gasteiger partial charge in [-0.15, -0.1) is 4.36 Å². The van der Waals surface area contributed by atoms with E-state index in [0.29, 0.717) is 55.3 Å². The Kier molecular flexibility index (Phi) is 11.7. The van der Waals surface area contributed by atoms with Crippen LogP contribution in [0.15, 0.2) is 57.8 Å². The second kappa shape index (κ2) is 16.0. The Labute approximate surface area is 300 Å². The first-order chi connectivity index (χ1) is 24.0. The number of fused-ring (bicyclic) bond motifs is 3. The molecule has 4 atom stereocenters. The molecule has 0 radical (unpaired) electrons. The first-order valence-electron chi connectivity index (χ1n) is 17.6. The molecule has 13 heteroatoms. The van der Waals surface area contributed by atoms with Crippen molar-refractivity contribution in [3.63, 3.8) is 0 Å². The van der Waals surface area contributed by atoms with E-state index in [9.17, 15) is 13.8 Å². The van der Waals surface area contributed by atoms with Crippen LogP contribution in [0.3, 0.4) is 0 Å². The van der Waals surface area contributed by atoms with E-state index in [0.717, 1.165) is 62.0 Å². The largest absolute Gasteiger partial charge is 0.487 e. The molecule has 2 aromatic carbocycles. The molecule has 6 rings (SSSR count). The summed E-state index contributed by atoms with van der Waals surface area (Å²) in [6.07, 6.45) is 9.83. The zero-order chi connectivity index (χ0) is 35.3. The first-order valence-corrected chi connectivity index (χ1v) is 19.5. The van der Waals surface area contributed by atoms with Crippen LogP contribution in [-0.2, 0) is 41.9 Å². The van der Waals surface area contributed by atoms with E-state index >= 15 is 0 Å². The maximum Gasteiger partial charge on any atom is 0.327 e. The Balaban J connectivity index is 1.44. The number of hydrogen-bond acceptors (Lipinski definition) is 8. The van der Waals surface area contributed by atoms with Crippen LogP contribution < -0.4 is 19.7 Å². The zero-order valence-electron chi connectivity index (χ0n) is 29.2. The highest BCUT2D eigenvalue weighted by atomic mass is 35.5. The highest BCUT2D eigenvalue weighted by molar-refractivity contribution is 7.92. The smallest absolute Gasteiger partial charge is 0.327 e. The van der Waals surface area contributed by atoms with E-state index in [1.807, 2.05) is 30.4 Å². The van der Waals surface area contributed by atoms with Gasteiger partial charge in [0.05, 0.1) is 23.3 Å². The summed E-state index contributed by atoms with van der Waals surface area (Å²) in [6.45, 7) is 6.14. The van der Waals surface area contributed by atoms with E-state index in [4.69, 9.17) is 30.5 Å². The number of anilines is 1. The first kappa shape index (κ1) is 36.6. The molecule has 272 valence electrons. The predicted molar refractivity (Wildman–Crippen MR) is 193 cm³/mol. The summed E-state index contributed by atoms with van der Waals surface area (Å²) in [5, 5.41) is 3.60. The summed E-state index contributed by atoms with van der Waals surface area (Å²) in [4.78, 5) is 29.7. The van der Waals surface area contributed by atoms with Gasteiger partial charge >= 0.3 is 6.03 Å². The van der Waals surface area contributed by atoms with Crippen LogP contribution >= 0.6 is 11.6 Å². The van der Waals surface area contributed by atoms with Crippen LogP contribution in [0.25, 0.3) is 0 Å². The van der Waals surface area contributed by atoms with Crippen molar-refractivity contribution in [2.75, 3.05) is 44.9 Å². The van der Waals surface area contributed by atoms with Crippen molar-refractivity contribution in [3.8, 4) is 5.75 Å². The molecule has 4 aliphatic rings. The third-order valence-corrected chi connectivity index (χ3v) is 12.3. The number of carbonyl (C=O) groups is 2. The molecule has 2 bridgehead atoms. The molecule has 0 spiro atoms. The Bertz CT molecular complexity index is 1700. The molecule has 1 saturated carbocycles. The molecule has 2 fully saturated rings. The lowest BCUT2D eigenvalue weighted by Gasteiger charge is -2.43. The number of rotatable bonds is 3. The number of benzene rings is 2. The van der Waals surface area contributed by atoms with Crippen molar-refractivity contribution in [2.45, 2.75) is 88.0 Å². The second-order valence-corrected chi connectivity index (χ2v) is 16.4. The molecule has 1 aliphatic carbocycles. The van der Waals surface area contributed by atoms with Crippen LogP contribution in [0.1, 0.15) is 63.5 Å². The number of carbonyl (C=O) groups excluding carboxylic acids is 2. The molecular formula is C37H49ClN4O7S. The quantitative estimate of drug-likeness (QED) is 0.357. The van der Waals surface area contributed by atoms with Crippen molar-refractivity contribution in [1.29, 1.82) is 0 Å². The van der Waals surface area contributed by atoms with Gasteiger partial charge in [-0.25, -0.2) is 13.7 Å². The average molecular weight is 729 g/mol. The molecule has 50 heavy (non-hydrogen) atoms. The number of nitrogens with zero attached hydrogens (tertiary/aromatic N) is 2. The molecule has 0 aromatic heterocycles. The topological polar surface area (TPSA) is 128 Å². The van der Waals surface area contributed by atoms with Gasteiger partial charge in [0.15, 0.2) is 9.92 Å². The van der Waals surface area contributed by atoms with Crippen LogP contribution in [0, 0.1) is 11.8 Å². The Morgan fingerprint density at radius 3 is 2.66 bits per heavy atom. The van der Waals surface area contributed by atoms with Crippen LogP contribution in [0.4, 0.5) is 10.5 Å². The fourth-order valence-corrected chi connectivity index (χ4v) is 8.83. The van der Waals surface area contributed by atoms with Crippen molar-refractivity contribution in [3.05, 3.63) is 64.7 Å². The molecule has 1 saturated heterocycles. The number of nitrogens with one attached hydrogen (secondary N) is 2. The minimum atomic E-state index is -3.84. The summed E-state index contributed by atoms with van der Waals surface area (Å²) in [7, 11) is -2.12. The second-order valence-electron chi connectivity index (χ2n) is 14.1. The molecule has 2 aromatic rings. The fraction of sp³-hybridized carbons (Fsp3) is 0.568. The van der Waals surface area contributed by atoms with Gasteiger partial charge in [0.2, 0.25) is 0 Å². The van der Waals surface area contributed by atoms with E-state index in [1.165, 1.54) is 0 Å². The summed E-state index contributed by atoms with van der Waals surface area (Å²) < 4.78 is 45.7. The van der Waals surface area contributed by atoms with Gasteiger partial charge in [0.1, 0.15) is 18.0 Å². The highest BCUT2D eigenvalue weighted by Gasteiger charge is 2.38. The molecule has 2 N–H and O–H groups in total. The predicted octanol–water partition coefficient (Wildman–Crippen LogP) is 6.21. The van der Waals surface area contributed by atoms with Crippen molar-refractivity contribution in [1.82, 2.24) is 10.0 Å². The lowest BCUT2D eigenvalue weighted by molar-refractivity contribution is -0.137. The van der Waals surface area contributed by atoms with Crippen molar-refractivity contribution >= 4 is 39.1 Å². The average Bonchev–Trinajstić information content (AvgIpc) is 3.11. The van der Waals surface area contributed by atoms with Crippen molar-refractivity contribution < 1.29 is 32.7 Å². The minimum absolute atomic E-state index is 0.101. The molecule has 11 nitrogen and oxygen atoms in total. The Morgan fingerprint density at radius 2 is 1.90 bits per heavy atom. The molecule has 3 aliphatic heterocycles. The lowest BCUT2D eigenvalue weighted by Crippen LogP contribution is -2.47. The Hall–Kier alpha value is -3.16. The molecule has 3 heterocycles. The van der Waals surface area contributed by atoms with Crippen LogP contribution in [0.5, 0.6) is 5.75 Å². The van der Waals surface area contributed by atoms with Crippen LogP contribution in [0.2, 0.25) is 5.02 Å². The molecule has 3 amide bonds. The molecular weight excluding hydrogens is 680 g/mol. The third kappa shape index (κ3) is 8.65. The lowest BCUT2D eigenvalue weighted by atomic mass is 9.70. The number of ether oxygens (including phenoxy) is 4. The monoisotopic (exact) mass is 728 g/mol. The Morgan fingerprint density at radius 1 is 1.08 bits per heavy atom. The van der Waals surface area contributed by atoms with Crippen molar-refractivity contribution in [2.24, 2.45) is 16.2 Å². The molecule has 1 unspecified atom stereocenters. The number of aryl methyl sites for hydroxylation is 1. The number of methoxy groups -OCH3 is 1. The van der Waals surface area contributed by atoms with Crippen LogP contribution in [-0.4, -0.2) is 73.9 Å². The van der Waals surface area contributed by atoms with E-state index < -0.39 is 27.5 Å². The van der Waals surface area contributed by atoms with Gasteiger partial charge in [0.25, 0.3) is 5.91 Å². The maximum atomic E-state index is 15.0. The number of urea groups is 1. The summed E-state index contributed by atoms with van der Waals surface area (Å²) in [6, 6.07) is 10.2. The van der Waals surface area contributed by atoms with E-state index in [-0.39, 0.29) is 23.6 Å². The summed E-state index contributed by atoms with van der Waals surface area (Å²) in [5.41, 5.74) is 1.53. The standard InChI is InChI=1S/C37H49ClN4O7S/c1-37(2)35(43)40-50(45,41-36(44)39-29-15-19-47-20-16-29)30-12-14-34-32(22-30)42(23-26-10-13-31(26)33(46-3)8-6-18-49-37)17-5-4-7-25-21-28(38)11-9-27(25)24-48-34/h6,8-9,11-12,14,21-22,26,29,31,33H,4-5,7,10,13,15-20,23-24H2,1-3H3,(H2,39,40,41,43,44,45)/b8-6+/t26-,31+,33-,50?/m0/s1. The maximum absolute atomic E-state index is 15.0. The number of amides is 3. The highest BCUT2D eigenvalue weighted by Crippen LogP contribution is 2.42. The third-order valence-electron chi connectivity index (χ3n) is 10.3. The van der Waals surface area contributed by atoms with Gasteiger partial charge in [-0.2, -0.15) is 0 Å². The zero-order valence-corrected chi connectivity index (χ0v) is 30.7.